The van der Waals surface area contributed by atoms with Crippen molar-refractivity contribution in [2.24, 2.45) is 7.05 Å². The minimum absolute atomic E-state index is 0.435. The quantitative estimate of drug-likeness (QED) is 0.385. The number of benzene rings is 3. The molecule has 1 amide bonds. The molecule has 0 saturated carbocycles. The van der Waals surface area contributed by atoms with Crippen LogP contribution in [0.15, 0.2) is 78.9 Å². The molecule has 0 spiro atoms. The van der Waals surface area contributed by atoms with Gasteiger partial charge >= 0.3 is 0 Å². The van der Waals surface area contributed by atoms with E-state index in [-0.39, 0.29) is 0 Å². The van der Waals surface area contributed by atoms with E-state index in [1.165, 1.54) is 0 Å². The third-order valence-corrected chi connectivity index (χ3v) is 4.92. The van der Waals surface area contributed by atoms with Gasteiger partial charge in [-0.05, 0) is 49.4 Å². The van der Waals surface area contributed by atoms with Crippen LogP contribution in [0, 0.1) is 6.92 Å². The molecule has 0 aliphatic heterocycles. The molecule has 1 N–H and O–H groups in total. The monoisotopic (exact) mass is 384 g/mol. The summed E-state index contributed by atoms with van der Waals surface area (Å²) in [5, 5.41) is 3.46. The Balaban J connectivity index is 1.51. The van der Waals surface area contributed by atoms with Gasteiger partial charge in [-0.3, -0.25) is 9.59 Å². The highest BCUT2D eigenvalue weighted by Gasteiger charge is 2.24. The maximum Gasteiger partial charge on any atom is 0.296 e. The van der Waals surface area contributed by atoms with Crippen LogP contribution in [-0.2, 0) is 11.8 Å². The topological polar surface area (TPSA) is 60.3 Å². The van der Waals surface area contributed by atoms with Crippen LogP contribution in [0.2, 0.25) is 0 Å². The molecule has 3 aromatic carbocycles. The van der Waals surface area contributed by atoms with E-state index in [9.17, 15) is 9.59 Å². The van der Waals surface area contributed by atoms with Gasteiger partial charge in [0.2, 0.25) is 0 Å². The molecular weight excluding hydrogens is 364 g/mol. The lowest BCUT2D eigenvalue weighted by atomic mass is 10.1. The summed E-state index contributed by atoms with van der Waals surface area (Å²) in [4.78, 5) is 25.4. The molecule has 0 atom stereocenters. The Morgan fingerprint density at radius 3 is 2.17 bits per heavy atom. The number of nitrogens with one attached hydrogen (secondary N) is 1. The number of carbonyl (C=O) groups is 2. The minimum atomic E-state index is -0.666. The average molecular weight is 384 g/mol. The van der Waals surface area contributed by atoms with Crippen molar-refractivity contribution in [2.45, 2.75) is 6.92 Å². The Hall–Kier alpha value is -3.86. The molecule has 0 radical (unpaired) electrons. The molecule has 0 aliphatic carbocycles. The number of aromatic nitrogens is 1. The number of rotatable bonds is 5. The zero-order valence-corrected chi connectivity index (χ0v) is 16.2. The maximum absolute atomic E-state index is 12.9. The van der Waals surface area contributed by atoms with Crippen LogP contribution in [0.4, 0.5) is 5.69 Å². The van der Waals surface area contributed by atoms with Crippen molar-refractivity contribution in [1.82, 2.24) is 4.57 Å². The van der Waals surface area contributed by atoms with Crippen molar-refractivity contribution in [3.8, 4) is 11.5 Å². The molecule has 4 aromatic rings. The predicted octanol–water partition coefficient (Wildman–Crippen LogP) is 5.10. The van der Waals surface area contributed by atoms with Crippen molar-refractivity contribution in [3.05, 3.63) is 90.1 Å². The number of para-hydroxylation sites is 2. The van der Waals surface area contributed by atoms with E-state index in [0.29, 0.717) is 17.0 Å². The lowest BCUT2D eigenvalue weighted by Crippen LogP contribution is -2.23. The molecule has 0 bridgehead atoms. The van der Waals surface area contributed by atoms with Crippen LogP contribution in [0.3, 0.4) is 0 Å². The second-order valence-electron chi connectivity index (χ2n) is 6.76. The van der Waals surface area contributed by atoms with E-state index in [1.807, 2.05) is 73.1 Å². The number of Topliss-reactive ketones (excluding diaryl/α,β-unsaturated/α-hetero) is 1. The first-order chi connectivity index (χ1) is 14.0. The van der Waals surface area contributed by atoms with Crippen molar-refractivity contribution < 1.29 is 14.3 Å². The molecule has 0 unspecified atom stereocenters. The normalized spacial score (nSPS) is 10.7. The Labute approximate surface area is 168 Å². The molecule has 5 nitrogen and oxygen atoms in total. The fourth-order valence-electron chi connectivity index (χ4n) is 3.34. The highest BCUT2D eigenvalue weighted by atomic mass is 16.5. The van der Waals surface area contributed by atoms with Crippen molar-refractivity contribution in [1.29, 1.82) is 0 Å². The van der Waals surface area contributed by atoms with Crippen LogP contribution in [0.1, 0.15) is 16.1 Å². The maximum atomic E-state index is 12.9. The molecule has 5 heteroatoms. The first kappa shape index (κ1) is 18.5. The number of carbonyl (C=O) groups excluding carboxylic acids is 2. The van der Waals surface area contributed by atoms with Gasteiger partial charge in [0.05, 0.1) is 5.56 Å². The molecule has 144 valence electrons. The van der Waals surface area contributed by atoms with E-state index in [4.69, 9.17) is 4.74 Å². The smallest absolute Gasteiger partial charge is 0.296 e. The van der Waals surface area contributed by atoms with Gasteiger partial charge in [-0.15, -0.1) is 0 Å². The summed E-state index contributed by atoms with van der Waals surface area (Å²) >= 11 is 0. The van der Waals surface area contributed by atoms with Gasteiger partial charge in [0.15, 0.2) is 0 Å². The Morgan fingerprint density at radius 1 is 0.828 bits per heavy atom. The SMILES string of the molecule is Cc1c(C(=O)C(=O)Nc2ccc(Oc3ccccc3)cc2)c2ccccc2n1C. The average Bonchev–Trinajstić information content (AvgIpc) is 3.00. The fraction of sp³-hybridized carbons (Fsp3) is 0.0833. The van der Waals surface area contributed by atoms with Crippen LogP contribution >= 0.6 is 0 Å². The summed E-state index contributed by atoms with van der Waals surface area (Å²) in [5.41, 5.74) is 2.65. The molecule has 1 heterocycles. The van der Waals surface area contributed by atoms with E-state index in [1.54, 1.807) is 24.3 Å². The first-order valence-corrected chi connectivity index (χ1v) is 9.27. The molecule has 0 saturated heterocycles. The van der Waals surface area contributed by atoms with Gasteiger partial charge in [0, 0.05) is 29.3 Å². The van der Waals surface area contributed by atoms with E-state index in [0.717, 1.165) is 22.3 Å². The fourth-order valence-corrected chi connectivity index (χ4v) is 3.34. The summed E-state index contributed by atoms with van der Waals surface area (Å²) in [7, 11) is 1.89. The zero-order valence-electron chi connectivity index (χ0n) is 16.2. The number of ether oxygens (including phenoxy) is 1. The van der Waals surface area contributed by atoms with E-state index >= 15 is 0 Å². The van der Waals surface area contributed by atoms with Gasteiger partial charge in [0.1, 0.15) is 11.5 Å². The summed E-state index contributed by atoms with van der Waals surface area (Å²) < 4.78 is 7.66. The minimum Gasteiger partial charge on any atom is -0.457 e. The van der Waals surface area contributed by atoms with Crippen LogP contribution in [-0.4, -0.2) is 16.3 Å². The van der Waals surface area contributed by atoms with E-state index < -0.39 is 11.7 Å². The van der Waals surface area contributed by atoms with Crippen molar-refractivity contribution in [3.63, 3.8) is 0 Å². The third-order valence-electron chi connectivity index (χ3n) is 4.92. The third kappa shape index (κ3) is 3.62. The second-order valence-corrected chi connectivity index (χ2v) is 6.76. The molecule has 4 rings (SSSR count). The number of hydrogen-bond donors (Lipinski definition) is 1. The zero-order chi connectivity index (χ0) is 20.4. The van der Waals surface area contributed by atoms with E-state index in [2.05, 4.69) is 5.32 Å². The van der Waals surface area contributed by atoms with Gasteiger partial charge in [0.25, 0.3) is 11.7 Å². The standard InChI is InChI=1S/C24H20N2O3/c1-16-22(20-10-6-7-11-21(20)26(16)2)23(27)24(28)25-17-12-14-19(15-13-17)29-18-8-4-3-5-9-18/h3-15H,1-2H3,(H,25,28). The highest BCUT2D eigenvalue weighted by Crippen LogP contribution is 2.26. The van der Waals surface area contributed by atoms with Crippen LogP contribution in [0.5, 0.6) is 11.5 Å². The lowest BCUT2D eigenvalue weighted by molar-refractivity contribution is -0.112. The summed E-state index contributed by atoms with van der Waals surface area (Å²) in [6.07, 6.45) is 0. The van der Waals surface area contributed by atoms with Crippen LogP contribution in [0.25, 0.3) is 10.9 Å². The number of ketones is 1. The number of nitrogens with zero attached hydrogens (tertiary/aromatic N) is 1. The molecule has 1 aromatic heterocycles. The second kappa shape index (κ2) is 7.64. The first-order valence-electron chi connectivity index (χ1n) is 9.27. The summed E-state index contributed by atoms with van der Waals surface area (Å²) in [5.74, 6) is 0.154. The Bertz CT molecular complexity index is 1190. The highest BCUT2D eigenvalue weighted by molar-refractivity contribution is 6.48. The lowest BCUT2D eigenvalue weighted by Gasteiger charge is -2.08. The number of fused-ring (bicyclic) bond motifs is 1. The largest absolute Gasteiger partial charge is 0.457 e. The van der Waals surface area contributed by atoms with Gasteiger partial charge < -0.3 is 14.6 Å². The van der Waals surface area contributed by atoms with Gasteiger partial charge in [-0.1, -0.05) is 36.4 Å². The number of amides is 1. The number of aryl methyl sites for hydroxylation is 1. The van der Waals surface area contributed by atoms with Crippen molar-refractivity contribution >= 4 is 28.3 Å². The Morgan fingerprint density at radius 2 is 1.45 bits per heavy atom. The van der Waals surface area contributed by atoms with Gasteiger partial charge in [-0.2, -0.15) is 0 Å². The molecular formula is C24H20N2O3. The van der Waals surface area contributed by atoms with Crippen molar-refractivity contribution in [2.75, 3.05) is 5.32 Å². The molecule has 0 aliphatic rings. The molecule has 29 heavy (non-hydrogen) atoms. The van der Waals surface area contributed by atoms with Crippen LogP contribution < -0.4 is 10.1 Å². The summed E-state index contributed by atoms with van der Waals surface area (Å²) in [6, 6.07) is 23.9. The number of hydrogen-bond acceptors (Lipinski definition) is 3. The Kier molecular flexibility index (Phi) is 4.87. The summed E-state index contributed by atoms with van der Waals surface area (Å²) in [6.45, 7) is 1.84. The predicted molar refractivity (Wildman–Crippen MR) is 114 cm³/mol. The number of anilines is 1. The molecule has 0 fully saturated rings. The van der Waals surface area contributed by atoms with Gasteiger partial charge in [-0.25, -0.2) is 0 Å².